The molecule has 3 amide bonds. The van der Waals surface area contributed by atoms with Gasteiger partial charge in [-0.3, -0.25) is 4.79 Å². The number of aryl methyl sites for hydroxylation is 1. The summed E-state index contributed by atoms with van der Waals surface area (Å²) in [5.74, 6) is 1.18. The monoisotopic (exact) mass is 570 g/mol. The van der Waals surface area contributed by atoms with Crippen LogP contribution >= 0.6 is 23.4 Å². The number of fused-ring (bicyclic) bond motifs is 2. The third-order valence-corrected chi connectivity index (χ3v) is 9.23. The number of carbonyl (C=O) groups excluding carboxylic acids is 2. The van der Waals surface area contributed by atoms with E-state index in [0.29, 0.717) is 41.7 Å². The van der Waals surface area contributed by atoms with Crippen molar-refractivity contribution in [2.24, 2.45) is 10.8 Å². The van der Waals surface area contributed by atoms with Crippen LogP contribution in [0.15, 0.2) is 35.5 Å². The highest BCUT2D eigenvalue weighted by molar-refractivity contribution is 7.99. The van der Waals surface area contributed by atoms with Gasteiger partial charge in [0.1, 0.15) is 11.0 Å². The topological polar surface area (TPSA) is 81.7 Å². The van der Waals surface area contributed by atoms with Gasteiger partial charge >= 0.3 is 6.03 Å². The quantitative estimate of drug-likeness (QED) is 0.282. The third kappa shape index (κ3) is 6.46. The van der Waals surface area contributed by atoms with Gasteiger partial charge in [-0.25, -0.2) is 14.8 Å². The summed E-state index contributed by atoms with van der Waals surface area (Å²) in [7, 11) is 0. The molecule has 1 saturated carbocycles. The van der Waals surface area contributed by atoms with Crippen LogP contribution in [0.4, 0.5) is 16.3 Å². The summed E-state index contributed by atoms with van der Waals surface area (Å²) in [6.07, 6.45) is 3.31. The fourth-order valence-corrected chi connectivity index (χ4v) is 7.93. The number of anilines is 2. The molecule has 3 atom stereocenters. The summed E-state index contributed by atoms with van der Waals surface area (Å²) in [4.78, 5) is 41.4. The van der Waals surface area contributed by atoms with Gasteiger partial charge in [-0.1, -0.05) is 56.3 Å². The number of benzene rings is 1. The van der Waals surface area contributed by atoms with Gasteiger partial charge in [-0.2, -0.15) is 0 Å². The van der Waals surface area contributed by atoms with E-state index in [1.54, 1.807) is 6.07 Å². The first-order chi connectivity index (χ1) is 18.4. The molecule has 3 unspecified atom stereocenters. The Morgan fingerprint density at radius 2 is 1.92 bits per heavy atom. The second-order valence-electron chi connectivity index (χ2n) is 12.6. The van der Waals surface area contributed by atoms with E-state index < -0.39 is 0 Å². The van der Waals surface area contributed by atoms with E-state index in [1.807, 2.05) is 43.0 Å². The highest BCUT2D eigenvalue weighted by Crippen LogP contribution is 2.52. The minimum absolute atomic E-state index is 0.0184. The molecule has 2 aromatic rings. The zero-order chi connectivity index (χ0) is 27.9. The van der Waals surface area contributed by atoms with Crippen molar-refractivity contribution in [1.29, 1.82) is 0 Å². The number of hydrogen-bond acceptors (Lipinski definition) is 6. The molecule has 2 bridgehead atoms. The highest BCUT2D eigenvalue weighted by Gasteiger charge is 2.50. The van der Waals surface area contributed by atoms with Gasteiger partial charge in [0.25, 0.3) is 0 Å². The predicted octanol–water partition coefficient (Wildman–Crippen LogP) is 5.70. The Hall–Kier alpha value is -2.52. The molecule has 3 heterocycles. The number of carbonyl (C=O) groups is 2. The summed E-state index contributed by atoms with van der Waals surface area (Å²) in [5, 5.41) is 3.87. The number of nitrogens with zero attached hydrogens (tertiary/aromatic N) is 5. The molecular weight excluding hydrogens is 532 g/mol. The number of urea groups is 1. The lowest BCUT2D eigenvalue weighted by molar-refractivity contribution is -0.129. The summed E-state index contributed by atoms with van der Waals surface area (Å²) >= 11 is 7.74. The van der Waals surface area contributed by atoms with Crippen LogP contribution in [0, 0.1) is 17.8 Å². The number of aromatic nitrogens is 2. The number of amides is 3. The van der Waals surface area contributed by atoms with Gasteiger partial charge < -0.3 is 20.0 Å². The molecular formula is C29H39ClN6O2S. The number of rotatable bonds is 5. The molecule has 0 radical (unpaired) electrons. The largest absolute Gasteiger partial charge is 0.353 e. The van der Waals surface area contributed by atoms with Crippen molar-refractivity contribution in [3.8, 4) is 0 Å². The maximum absolute atomic E-state index is 13.2. The fourth-order valence-electron chi connectivity index (χ4n) is 6.96. The van der Waals surface area contributed by atoms with Gasteiger partial charge in [0.05, 0.1) is 5.75 Å². The molecule has 10 heteroatoms. The normalized spacial score (nSPS) is 26.1. The molecule has 1 aromatic carbocycles. The second kappa shape index (κ2) is 10.8. The van der Waals surface area contributed by atoms with Crippen LogP contribution in [-0.2, 0) is 4.79 Å². The molecule has 3 aliphatic rings. The van der Waals surface area contributed by atoms with Crippen molar-refractivity contribution in [2.75, 3.05) is 42.1 Å². The number of halogens is 1. The highest BCUT2D eigenvalue weighted by atomic mass is 35.5. The Kier molecular flexibility index (Phi) is 7.76. The van der Waals surface area contributed by atoms with Crippen molar-refractivity contribution in [2.45, 2.75) is 71.1 Å². The van der Waals surface area contributed by atoms with Crippen molar-refractivity contribution in [1.82, 2.24) is 19.8 Å². The molecule has 210 valence electrons. The van der Waals surface area contributed by atoms with E-state index in [1.165, 1.54) is 11.8 Å². The van der Waals surface area contributed by atoms with Crippen molar-refractivity contribution >= 4 is 46.8 Å². The summed E-state index contributed by atoms with van der Waals surface area (Å²) in [6.45, 7) is 13.7. The van der Waals surface area contributed by atoms with Crippen LogP contribution in [-0.4, -0.2) is 75.7 Å². The van der Waals surface area contributed by atoms with Gasteiger partial charge in [-0.15, -0.1) is 0 Å². The van der Waals surface area contributed by atoms with Gasteiger partial charge in [0, 0.05) is 50.0 Å². The van der Waals surface area contributed by atoms with Gasteiger partial charge in [-0.05, 0) is 61.6 Å². The van der Waals surface area contributed by atoms with E-state index in [-0.39, 0.29) is 28.8 Å². The predicted molar refractivity (Wildman–Crippen MR) is 158 cm³/mol. The summed E-state index contributed by atoms with van der Waals surface area (Å²) in [5.41, 5.74) is 2.38. The number of hydrogen-bond donors (Lipinski definition) is 1. The first-order valence-electron chi connectivity index (χ1n) is 13.8. The first-order valence-corrected chi connectivity index (χ1v) is 15.1. The average Bonchev–Trinajstić information content (AvgIpc) is 3.10. The Morgan fingerprint density at radius 3 is 2.67 bits per heavy atom. The molecule has 2 saturated heterocycles. The molecule has 3 fully saturated rings. The molecule has 8 nitrogen and oxygen atoms in total. The Bertz CT molecular complexity index is 1260. The molecule has 2 aliphatic heterocycles. The van der Waals surface area contributed by atoms with Gasteiger partial charge in [0.2, 0.25) is 5.91 Å². The van der Waals surface area contributed by atoms with E-state index in [4.69, 9.17) is 16.6 Å². The van der Waals surface area contributed by atoms with Crippen LogP contribution in [0.5, 0.6) is 0 Å². The fraction of sp³-hybridized carbons (Fsp3) is 0.586. The zero-order valence-electron chi connectivity index (χ0n) is 23.5. The molecule has 39 heavy (non-hydrogen) atoms. The van der Waals surface area contributed by atoms with Gasteiger partial charge in [0.15, 0.2) is 5.16 Å². The maximum atomic E-state index is 13.2. The lowest BCUT2D eigenvalue weighted by atomic mass is 9.65. The average molecular weight is 571 g/mol. The maximum Gasteiger partial charge on any atom is 0.322 e. The Labute approximate surface area is 240 Å². The Balaban J connectivity index is 1.19. The first kappa shape index (κ1) is 28.0. The van der Waals surface area contributed by atoms with Crippen molar-refractivity contribution in [3.05, 3.63) is 41.0 Å². The van der Waals surface area contributed by atoms with E-state index in [2.05, 4.69) is 40.9 Å². The van der Waals surface area contributed by atoms with Crippen LogP contribution in [0.2, 0.25) is 5.15 Å². The molecule has 5 rings (SSSR count). The lowest BCUT2D eigenvalue weighted by Gasteiger charge is -2.40. The minimum atomic E-state index is -0.105. The van der Waals surface area contributed by atoms with E-state index in [9.17, 15) is 9.59 Å². The van der Waals surface area contributed by atoms with Crippen molar-refractivity contribution in [3.63, 3.8) is 0 Å². The number of nitrogens with one attached hydrogen (secondary N) is 1. The molecule has 1 aromatic heterocycles. The summed E-state index contributed by atoms with van der Waals surface area (Å²) < 4.78 is 0. The number of thioether (sulfide) groups is 1. The molecule has 1 N–H and O–H groups in total. The number of piperazine rings is 1. The third-order valence-electron chi connectivity index (χ3n) is 8.20. The molecule has 1 aliphatic carbocycles. The van der Waals surface area contributed by atoms with Crippen molar-refractivity contribution < 1.29 is 9.59 Å². The minimum Gasteiger partial charge on any atom is -0.353 e. The van der Waals surface area contributed by atoms with Crippen LogP contribution < -0.4 is 10.2 Å². The van der Waals surface area contributed by atoms with E-state index >= 15 is 0 Å². The SMILES string of the molecule is Cc1cccc(NC(=O)N2CCN(c3cc(Cl)nc(SCC(=O)N4CC5(C)CC4CC(C)(C)C5)n3)CC2C)c1. The number of likely N-dealkylation sites (tertiary alicyclic amines) is 1. The van der Waals surface area contributed by atoms with Crippen LogP contribution in [0.3, 0.4) is 0 Å². The lowest BCUT2D eigenvalue weighted by Crippen LogP contribution is -2.55. The molecule has 0 spiro atoms. The Morgan fingerprint density at radius 1 is 1.13 bits per heavy atom. The standard InChI is InChI=1S/C29H39ClN6O2S/c1-19-7-6-8-21(11-19)31-27(38)35-10-9-34(15-20(35)2)24-12-23(30)32-26(33-24)39-16-25(37)36-18-29(5)14-22(36)13-28(3,4)17-29/h6-8,11-12,20,22H,9-10,13-18H2,1-5H3,(H,31,38). The smallest absolute Gasteiger partial charge is 0.322 e. The van der Waals surface area contributed by atoms with E-state index in [0.717, 1.165) is 42.9 Å². The van der Waals surface area contributed by atoms with Crippen LogP contribution in [0.25, 0.3) is 0 Å². The summed E-state index contributed by atoms with van der Waals surface area (Å²) in [6, 6.07) is 9.76. The zero-order valence-corrected chi connectivity index (χ0v) is 25.1. The van der Waals surface area contributed by atoms with Crippen LogP contribution in [0.1, 0.15) is 52.5 Å². The second-order valence-corrected chi connectivity index (χ2v) is 14.0.